The number of nitrogens with zero attached hydrogens (tertiary/aromatic N) is 1. The lowest BCUT2D eigenvalue weighted by Crippen LogP contribution is -2.18. The molecular formula is C69H76N2O17. The van der Waals surface area contributed by atoms with Crippen molar-refractivity contribution in [3.05, 3.63) is 191 Å². The molecule has 0 fully saturated rings. The van der Waals surface area contributed by atoms with Crippen molar-refractivity contribution >= 4 is 47.2 Å². The Balaban J connectivity index is 1.06. The number of esters is 6. The van der Waals surface area contributed by atoms with Crippen LogP contribution in [0.5, 0.6) is 34.5 Å². The third kappa shape index (κ3) is 22.6. The molecule has 2 N–H and O–H groups in total. The van der Waals surface area contributed by atoms with Crippen molar-refractivity contribution in [1.82, 2.24) is 0 Å². The molecule has 0 saturated heterocycles. The molecule has 1 atom stereocenters. The lowest BCUT2D eigenvalue weighted by Gasteiger charge is -2.16. The van der Waals surface area contributed by atoms with E-state index in [0.29, 0.717) is 54.6 Å². The van der Waals surface area contributed by atoms with Crippen LogP contribution < -0.4 is 34.2 Å². The van der Waals surface area contributed by atoms with E-state index >= 15 is 0 Å². The minimum Gasteiger partial charge on any atom is -0.494 e. The summed E-state index contributed by atoms with van der Waals surface area (Å²) < 4.78 is 50.3. The second-order valence-electron chi connectivity index (χ2n) is 20.6. The van der Waals surface area contributed by atoms with Crippen LogP contribution in [0, 0.1) is 10.1 Å². The molecule has 0 aliphatic rings. The first-order chi connectivity index (χ1) is 42.6. The summed E-state index contributed by atoms with van der Waals surface area (Å²) in [6.07, 6.45) is 15.7. The first-order valence-electron chi connectivity index (χ1n) is 29.6. The monoisotopic (exact) mass is 1200 g/mol. The lowest BCUT2D eigenvalue weighted by atomic mass is 10.0. The minimum absolute atomic E-state index is 0.0651. The number of hydrogen-bond acceptors (Lipinski definition) is 18. The van der Waals surface area contributed by atoms with Gasteiger partial charge in [0.2, 0.25) is 0 Å². The first kappa shape index (κ1) is 67.3. The molecule has 0 amide bonds. The van der Waals surface area contributed by atoms with E-state index in [1.807, 2.05) is 6.92 Å². The van der Waals surface area contributed by atoms with E-state index in [4.69, 9.17) is 48.4 Å². The zero-order valence-corrected chi connectivity index (χ0v) is 49.9. The van der Waals surface area contributed by atoms with Crippen molar-refractivity contribution in [2.24, 2.45) is 0 Å². The van der Waals surface area contributed by atoms with E-state index in [2.05, 4.69) is 20.1 Å². The topological polar surface area (TPSA) is 255 Å². The van der Waals surface area contributed by atoms with Crippen LogP contribution in [0.15, 0.2) is 153 Å². The predicted octanol–water partition coefficient (Wildman–Crippen LogP) is 14.7. The summed E-state index contributed by atoms with van der Waals surface area (Å²) >= 11 is 0. The predicted molar refractivity (Wildman–Crippen MR) is 331 cm³/mol. The average Bonchev–Trinajstić information content (AvgIpc) is 2.89. The molecule has 0 aliphatic heterocycles. The van der Waals surface area contributed by atoms with Crippen molar-refractivity contribution in [2.75, 3.05) is 32.2 Å². The number of rotatable bonds is 38. The van der Waals surface area contributed by atoms with E-state index in [1.165, 1.54) is 54.6 Å². The Morgan fingerprint density at radius 1 is 0.511 bits per heavy atom. The number of nitro benzene ring substituents is 1. The summed E-state index contributed by atoms with van der Waals surface area (Å²) in [6, 6.07) is 31.9. The molecule has 0 radical (unpaired) electrons. The highest BCUT2D eigenvalue weighted by Gasteiger charge is 2.25. The number of anilines is 1. The molecule has 19 nitrogen and oxygen atoms in total. The molecule has 88 heavy (non-hydrogen) atoms. The second kappa shape index (κ2) is 36.3. The normalized spacial score (nSPS) is 11.1. The highest BCUT2D eigenvalue weighted by Crippen LogP contribution is 2.38. The Morgan fingerprint density at radius 3 is 1.50 bits per heavy atom. The van der Waals surface area contributed by atoms with Gasteiger partial charge in [0.15, 0.2) is 5.75 Å². The van der Waals surface area contributed by atoms with Gasteiger partial charge >= 0.3 is 41.5 Å². The Labute approximate surface area is 512 Å². The number of carbonyl (C=O) groups excluding carboxylic acids is 6. The van der Waals surface area contributed by atoms with Gasteiger partial charge in [-0.25, -0.2) is 28.8 Å². The number of unbranched alkanes of at least 4 members (excludes halogenated alkanes) is 11. The van der Waals surface area contributed by atoms with E-state index in [0.717, 1.165) is 108 Å². The van der Waals surface area contributed by atoms with Gasteiger partial charge in [0.25, 0.3) is 0 Å². The minimum atomic E-state index is -0.959. The Hall–Kier alpha value is -9.78. The molecule has 0 aromatic heterocycles. The van der Waals surface area contributed by atoms with Crippen LogP contribution in [0.1, 0.15) is 157 Å². The van der Waals surface area contributed by atoms with Gasteiger partial charge in [-0.1, -0.05) is 102 Å². The number of nitro groups is 1. The van der Waals surface area contributed by atoms with Crippen molar-refractivity contribution < 1.29 is 76.3 Å². The zero-order valence-electron chi connectivity index (χ0n) is 49.9. The molecule has 0 aliphatic carbocycles. The molecule has 0 heterocycles. The quantitative estimate of drug-likeness (QED) is 0.00552. The maximum absolute atomic E-state index is 14.0. The first-order valence-corrected chi connectivity index (χ1v) is 29.6. The largest absolute Gasteiger partial charge is 0.494 e. The highest BCUT2D eigenvalue weighted by atomic mass is 16.6. The maximum Gasteiger partial charge on any atom is 0.344 e. The van der Waals surface area contributed by atoms with Gasteiger partial charge in [0, 0.05) is 35.5 Å². The summed E-state index contributed by atoms with van der Waals surface area (Å²) in [5.74, 6) is -2.49. The molecule has 0 saturated carbocycles. The lowest BCUT2D eigenvalue weighted by molar-refractivity contribution is -0.386. The molecule has 19 heteroatoms. The number of hydrogen-bond donors (Lipinski definition) is 1. The maximum atomic E-state index is 14.0. The summed E-state index contributed by atoms with van der Waals surface area (Å²) in [7, 11) is 0. The van der Waals surface area contributed by atoms with E-state index < -0.39 is 40.7 Å². The third-order valence-electron chi connectivity index (χ3n) is 13.8. The molecule has 464 valence electrons. The molecule has 0 unspecified atom stereocenters. The van der Waals surface area contributed by atoms with Crippen molar-refractivity contribution in [1.29, 1.82) is 0 Å². The highest BCUT2D eigenvalue weighted by molar-refractivity contribution is 6.06. The Morgan fingerprint density at radius 2 is 0.977 bits per heavy atom. The number of ether oxygens (including phenoxy) is 9. The van der Waals surface area contributed by atoms with Crippen LogP contribution in [0.3, 0.4) is 0 Å². The van der Waals surface area contributed by atoms with E-state index in [-0.39, 0.29) is 69.3 Å². The average molecular weight is 1210 g/mol. The van der Waals surface area contributed by atoms with Gasteiger partial charge in [0.05, 0.1) is 59.7 Å². The van der Waals surface area contributed by atoms with Crippen LogP contribution in [-0.2, 0) is 30.4 Å². The van der Waals surface area contributed by atoms with Crippen molar-refractivity contribution in [2.45, 2.75) is 123 Å². The number of carbonyl (C=O) groups is 6. The number of nitrogen functional groups attached to an aromatic ring is 1. The summed E-state index contributed by atoms with van der Waals surface area (Å²) in [4.78, 5) is 88.6. The number of benzene rings is 6. The standard InChI is InChI=1S/C69H76N2O17/c1-5-8-9-16-21-48(4)85-63-46-61(70)59(45-62(63)71(78)79)50-24-26-51(27-25-50)66(74)86-55-29-22-49(23-30-55)47-84-68(76)60-44-52(67(75)87-56-35-31-53(32-36-56)80-40-17-12-10-14-19-42-82-64(72)6-2)28-39-58(60)69(77)88-57-37-33-54(34-38-57)81-41-18-13-11-15-20-43-83-65(73)7-3/h6-7,22-39,44-46,48H,2-3,5,8-21,40-43,47,70H2,1,4H3/t48-/m0/s1. The van der Waals surface area contributed by atoms with Gasteiger partial charge < -0.3 is 48.4 Å². The van der Waals surface area contributed by atoms with Crippen LogP contribution in [0.4, 0.5) is 11.4 Å². The molecule has 6 aromatic carbocycles. The summed E-state index contributed by atoms with van der Waals surface area (Å²) in [5, 5.41) is 12.1. The zero-order chi connectivity index (χ0) is 63.0. The Bertz CT molecular complexity index is 3290. The fourth-order valence-corrected chi connectivity index (χ4v) is 8.90. The van der Waals surface area contributed by atoms with Gasteiger partial charge in [-0.05, 0) is 148 Å². The van der Waals surface area contributed by atoms with E-state index in [1.54, 1.807) is 72.8 Å². The van der Waals surface area contributed by atoms with Crippen LogP contribution in [0.25, 0.3) is 11.1 Å². The summed E-state index contributed by atoms with van der Waals surface area (Å²) in [6.45, 7) is 12.1. The second-order valence-corrected chi connectivity index (χ2v) is 20.6. The third-order valence-corrected chi connectivity index (χ3v) is 13.8. The van der Waals surface area contributed by atoms with Crippen molar-refractivity contribution in [3.8, 4) is 45.6 Å². The van der Waals surface area contributed by atoms with Crippen molar-refractivity contribution in [3.63, 3.8) is 0 Å². The van der Waals surface area contributed by atoms with Crippen LogP contribution >= 0.6 is 0 Å². The molecule has 6 aromatic rings. The molecule has 0 bridgehead atoms. The van der Waals surface area contributed by atoms with Gasteiger partial charge in [-0.3, -0.25) is 10.1 Å². The van der Waals surface area contributed by atoms with E-state index in [9.17, 15) is 38.9 Å². The number of nitrogens with two attached hydrogens (primary N) is 1. The van der Waals surface area contributed by atoms with Crippen LogP contribution in [-0.4, -0.2) is 73.3 Å². The van der Waals surface area contributed by atoms with Gasteiger partial charge in [-0.2, -0.15) is 0 Å². The Kier molecular flexibility index (Phi) is 27.8. The molecule has 6 rings (SSSR count). The van der Waals surface area contributed by atoms with Gasteiger partial charge in [-0.15, -0.1) is 0 Å². The summed E-state index contributed by atoms with van der Waals surface area (Å²) in [5.41, 5.74) is 7.51. The fraction of sp³-hybridized carbons (Fsp3) is 0.333. The molecule has 0 spiro atoms. The molecular weight excluding hydrogens is 1130 g/mol. The SMILES string of the molecule is C=CC(=O)OCCCCCCCOc1ccc(OC(=O)c2ccc(C(=O)Oc3ccc(OCCCCCCCOC(=O)C=C)cc3)c(C(=O)OCc3ccc(OC(=O)c4ccc(-c5cc([N+](=O)[O-])c(O[C@@H](C)CCCCCC)cc5N)cc4)cc3)c2)cc1. The van der Waals surface area contributed by atoms with Gasteiger partial charge in [0.1, 0.15) is 35.4 Å². The fourth-order valence-electron chi connectivity index (χ4n) is 8.90. The smallest absolute Gasteiger partial charge is 0.344 e. The van der Waals surface area contributed by atoms with Crippen LogP contribution in [0.2, 0.25) is 0 Å².